The molecule has 33 heavy (non-hydrogen) atoms. The third kappa shape index (κ3) is 7.58. The van der Waals surface area contributed by atoms with Crippen LogP contribution in [0.5, 0.6) is 5.75 Å². The summed E-state index contributed by atoms with van der Waals surface area (Å²) in [5, 5.41) is 7.12. The second kappa shape index (κ2) is 11.2. The zero-order valence-electron chi connectivity index (χ0n) is 18.6. The number of nitrogens with zero attached hydrogens (tertiary/aromatic N) is 2. The maximum absolute atomic E-state index is 12.5. The van der Waals surface area contributed by atoms with Crippen LogP contribution >= 0.6 is 0 Å². The molecule has 1 saturated carbocycles. The number of alkyl halides is 3. The monoisotopic (exact) mass is 472 g/mol. The van der Waals surface area contributed by atoms with Gasteiger partial charge in [-0.15, -0.1) is 0 Å². The lowest BCUT2D eigenvalue weighted by molar-refractivity contribution is -0.192. The van der Waals surface area contributed by atoms with Gasteiger partial charge >= 0.3 is 12.1 Å². The van der Waals surface area contributed by atoms with E-state index >= 15 is 0 Å². The fourth-order valence-corrected chi connectivity index (χ4v) is 4.79. The molecular formula is C23H31F3N2O5. The Morgan fingerprint density at radius 3 is 2.48 bits per heavy atom. The number of likely N-dealkylation sites (tertiary alicyclic amines) is 1. The molecule has 0 aromatic carbocycles. The smallest absolute Gasteiger partial charge is 0.489 e. The Kier molecular flexibility index (Phi) is 8.56. The molecular weight excluding hydrogens is 441 g/mol. The van der Waals surface area contributed by atoms with Crippen molar-refractivity contribution < 1.29 is 37.3 Å². The van der Waals surface area contributed by atoms with Crippen LogP contribution in [-0.4, -0.2) is 65.5 Å². The number of carbonyl (C=O) groups is 2. The van der Waals surface area contributed by atoms with Gasteiger partial charge in [-0.2, -0.15) is 13.2 Å². The highest BCUT2D eigenvalue weighted by Crippen LogP contribution is 2.42. The Morgan fingerprint density at radius 2 is 1.91 bits per heavy atom. The molecule has 3 fully saturated rings. The summed E-state index contributed by atoms with van der Waals surface area (Å²) < 4.78 is 43.6. The molecule has 1 unspecified atom stereocenters. The summed E-state index contributed by atoms with van der Waals surface area (Å²) >= 11 is 0. The molecule has 4 rings (SSSR count). The number of amides is 1. The molecule has 1 N–H and O–H groups in total. The van der Waals surface area contributed by atoms with Crippen molar-refractivity contribution >= 4 is 11.9 Å². The van der Waals surface area contributed by atoms with Gasteiger partial charge in [-0.1, -0.05) is 12.8 Å². The van der Waals surface area contributed by atoms with Crippen LogP contribution in [0.25, 0.3) is 0 Å². The number of rotatable bonds is 5. The van der Waals surface area contributed by atoms with Crippen molar-refractivity contribution in [3.63, 3.8) is 0 Å². The van der Waals surface area contributed by atoms with Gasteiger partial charge in [0.2, 0.25) is 5.91 Å². The number of hydrogen-bond acceptors (Lipinski definition) is 5. The molecule has 2 saturated heterocycles. The van der Waals surface area contributed by atoms with Crippen LogP contribution in [0.15, 0.2) is 24.5 Å². The van der Waals surface area contributed by atoms with Gasteiger partial charge in [0, 0.05) is 25.7 Å². The van der Waals surface area contributed by atoms with Crippen molar-refractivity contribution in [2.75, 3.05) is 26.3 Å². The average molecular weight is 473 g/mol. The van der Waals surface area contributed by atoms with Crippen molar-refractivity contribution in [3.8, 4) is 5.75 Å². The van der Waals surface area contributed by atoms with Crippen LogP contribution in [0.2, 0.25) is 0 Å². The van der Waals surface area contributed by atoms with Gasteiger partial charge < -0.3 is 19.5 Å². The molecule has 1 amide bonds. The number of aromatic nitrogens is 1. The topological polar surface area (TPSA) is 89.0 Å². The fraction of sp³-hybridized carbons (Fsp3) is 0.696. The normalized spacial score (nSPS) is 22.6. The van der Waals surface area contributed by atoms with E-state index in [1.165, 1.54) is 25.7 Å². The highest BCUT2D eigenvalue weighted by Gasteiger charge is 2.43. The Morgan fingerprint density at radius 1 is 1.24 bits per heavy atom. The Bertz CT molecular complexity index is 776. The standard InChI is InChI=1S/C21H30N2O3.C2HF3O2/c24-20(12-17-4-1-2-5-17)23-10-7-21(8-11-23)13-19(26-16-21)15-25-18-6-3-9-22-14-18;3-2(4,5)1(6)7/h3,6,9,14,17,19H,1-2,4-5,7-8,10-13,15-16H2;(H,6,7). The van der Waals surface area contributed by atoms with E-state index < -0.39 is 12.1 Å². The Labute approximate surface area is 191 Å². The van der Waals surface area contributed by atoms with Crippen molar-refractivity contribution in [1.82, 2.24) is 9.88 Å². The highest BCUT2D eigenvalue weighted by atomic mass is 19.4. The van der Waals surface area contributed by atoms with E-state index in [2.05, 4.69) is 9.88 Å². The summed E-state index contributed by atoms with van der Waals surface area (Å²) in [6, 6.07) is 3.80. The van der Waals surface area contributed by atoms with Crippen LogP contribution < -0.4 is 4.74 Å². The molecule has 1 atom stereocenters. The molecule has 1 spiro atoms. The minimum Gasteiger partial charge on any atom is -0.489 e. The molecule has 184 valence electrons. The third-order valence-corrected chi connectivity index (χ3v) is 6.71. The molecule has 0 radical (unpaired) electrons. The lowest BCUT2D eigenvalue weighted by Crippen LogP contribution is -2.44. The van der Waals surface area contributed by atoms with E-state index in [1.807, 2.05) is 12.1 Å². The molecule has 2 aliphatic heterocycles. The van der Waals surface area contributed by atoms with E-state index in [1.54, 1.807) is 12.4 Å². The number of ether oxygens (including phenoxy) is 2. The lowest BCUT2D eigenvalue weighted by Gasteiger charge is -2.38. The number of carbonyl (C=O) groups excluding carboxylic acids is 1. The number of piperidine rings is 1. The number of halogens is 3. The Hall–Kier alpha value is -2.36. The predicted octanol–water partition coefficient (Wildman–Crippen LogP) is 4.07. The average Bonchev–Trinajstić information content (AvgIpc) is 3.43. The van der Waals surface area contributed by atoms with Crippen LogP contribution in [-0.2, 0) is 14.3 Å². The van der Waals surface area contributed by atoms with Gasteiger partial charge in [0.1, 0.15) is 12.4 Å². The first kappa shape index (κ1) is 25.3. The van der Waals surface area contributed by atoms with Gasteiger partial charge in [0.15, 0.2) is 0 Å². The van der Waals surface area contributed by atoms with Gasteiger partial charge in [0.25, 0.3) is 0 Å². The van der Waals surface area contributed by atoms with Crippen LogP contribution in [0, 0.1) is 11.3 Å². The third-order valence-electron chi connectivity index (χ3n) is 6.71. The summed E-state index contributed by atoms with van der Waals surface area (Å²) in [5.41, 5.74) is 0.243. The number of aliphatic carboxylic acids is 1. The summed E-state index contributed by atoms with van der Waals surface area (Å²) in [6.45, 7) is 3.17. The quantitative estimate of drug-likeness (QED) is 0.695. The fourth-order valence-electron chi connectivity index (χ4n) is 4.79. The van der Waals surface area contributed by atoms with Gasteiger partial charge in [-0.25, -0.2) is 4.79 Å². The minimum absolute atomic E-state index is 0.149. The summed E-state index contributed by atoms with van der Waals surface area (Å²) in [6.07, 6.45) is 7.58. The zero-order chi connectivity index (χ0) is 23.9. The highest BCUT2D eigenvalue weighted by molar-refractivity contribution is 5.76. The molecule has 7 nitrogen and oxygen atoms in total. The summed E-state index contributed by atoms with van der Waals surface area (Å²) in [5.74, 6) is -0.943. The molecule has 0 bridgehead atoms. The SMILES string of the molecule is O=C(CC1CCCC1)N1CCC2(CC1)COC(COc1cccnc1)C2.O=C(O)C(F)(F)F. The zero-order valence-corrected chi connectivity index (χ0v) is 18.6. The number of carboxylic acids is 1. The maximum Gasteiger partial charge on any atom is 0.490 e. The van der Waals surface area contributed by atoms with E-state index in [-0.39, 0.29) is 11.5 Å². The first-order valence-electron chi connectivity index (χ1n) is 11.4. The van der Waals surface area contributed by atoms with Crippen LogP contribution in [0.1, 0.15) is 51.4 Å². The van der Waals surface area contributed by atoms with Crippen LogP contribution in [0.4, 0.5) is 13.2 Å². The van der Waals surface area contributed by atoms with Crippen molar-refractivity contribution in [2.24, 2.45) is 11.3 Å². The molecule has 3 aliphatic rings. The second-order valence-electron chi connectivity index (χ2n) is 9.18. The lowest BCUT2D eigenvalue weighted by atomic mass is 9.76. The molecule has 1 aliphatic carbocycles. The molecule has 3 heterocycles. The van der Waals surface area contributed by atoms with E-state index in [0.717, 1.165) is 51.1 Å². The number of hydrogen-bond donors (Lipinski definition) is 1. The van der Waals surface area contributed by atoms with Crippen LogP contribution in [0.3, 0.4) is 0 Å². The van der Waals surface area contributed by atoms with Crippen molar-refractivity contribution in [3.05, 3.63) is 24.5 Å². The van der Waals surface area contributed by atoms with Crippen molar-refractivity contribution in [2.45, 2.75) is 63.6 Å². The van der Waals surface area contributed by atoms with E-state index in [4.69, 9.17) is 19.4 Å². The van der Waals surface area contributed by atoms with Gasteiger partial charge in [-0.3, -0.25) is 9.78 Å². The second-order valence-corrected chi connectivity index (χ2v) is 9.18. The van der Waals surface area contributed by atoms with E-state index in [0.29, 0.717) is 18.4 Å². The van der Waals surface area contributed by atoms with E-state index in [9.17, 15) is 18.0 Å². The van der Waals surface area contributed by atoms with Crippen molar-refractivity contribution in [1.29, 1.82) is 0 Å². The molecule has 10 heteroatoms. The first-order valence-corrected chi connectivity index (χ1v) is 11.4. The summed E-state index contributed by atoms with van der Waals surface area (Å²) in [7, 11) is 0. The first-order chi connectivity index (χ1) is 15.7. The minimum atomic E-state index is -5.08. The molecule has 1 aromatic rings. The summed E-state index contributed by atoms with van der Waals surface area (Å²) in [4.78, 5) is 27.6. The largest absolute Gasteiger partial charge is 0.490 e. The number of pyridine rings is 1. The Balaban J connectivity index is 0.000000383. The maximum atomic E-state index is 12.5. The van der Waals surface area contributed by atoms with Gasteiger partial charge in [-0.05, 0) is 55.6 Å². The van der Waals surface area contributed by atoms with Gasteiger partial charge in [0.05, 0.1) is 18.9 Å². The number of carboxylic acid groups (broad SMARTS) is 1. The predicted molar refractivity (Wildman–Crippen MR) is 113 cm³/mol. The molecule has 1 aromatic heterocycles.